The van der Waals surface area contributed by atoms with E-state index in [1.807, 2.05) is 12.1 Å². The maximum atomic E-state index is 12.1. The molecule has 1 aliphatic heterocycles. The van der Waals surface area contributed by atoms with Crippen LogP contribution < -0.4 is 10.2 Å². The molecule has 1 atom stereocenters. The predicted octanol–water partition coefficient (Wildman–Crippen LogP) is 3.81. The van der Waals surface area contributed by atoms with Gasteiger partial charge in [0, 0.05) is 24.3 Å². The van der Waals surface area contributed by atoms with E-state index >= 15 is 0 Å². The molecule has 0 radical (unpaired) electrons. The van der Waals surface area contributed by atoms with Crippen molar-refractivity contribution in [2.75, 3.05) is 18.0 Å². The fraction of sp³-hybridized carbons (Fsp3) is 0.350. The lowest BCUT2D eigenvalue weighted by Gasteiger charge is -2.28. The molecule has 27 heavy (non-hydrogen) atoms. The van der Waals surface area contributed by atoms with Gasteiger partial charge in [-0.25, -0.2) is 0 Å². The highest BCUT2D eigenvalue weighted by Crippen LogP contribution is 2.24. The molecule has 0 unspecified atom stereocenters. The Morgan fingerprint density at radius 1 is 1.15 bits per heavy atom. The van der Waals surface area contributed by atoms with Crippen molar-refractivity contribution in [1.82, 2.24) is 15.5 Å². The first-order valence-corrected chi connectivity index (χ1v) is 9.24. The Bertz CT molecular complexity index is 880. The lowest BCUT2D eigenvalue weighted by atomic mass is 10.1. The Morgan fingerprint density at radius 3 is 2.63 bits per heavy atom. The van der Waals surface area contributed by atoms with Crippen molar-refractivity contribution >= 4 is 11.6 Å². The monoisotopic (exact) mass is 366 g/mol. The zero-order valence-electron chi connectivity index (χ0n) is 15.2. The van der Waals surface area contributed by atoms with E-state index in [1.165, 1.54) is 31.2 Å². The number of hydrogen-bond acceptors (Lipinski definition) is 6. The van der Waals surface area contributed by atoms with Gasteiger partial charge in [-0.2, -0.15) is 4.98 Å². The minimum atomic E-state index is -0.420. The number of carbonyl (C=O) groups is 1. The number of benzene rings is 1. The highest BCUT2D eigenvalue weighted by molar-refractivity contribution is 5.91. The molecule has 7 heteroatoms. The van der Waals surface area contributed by atoms with Gasteiger partial charge in [-0.1, -0.05) is 5.16 Å². The van der Waals surface area contributed by atoms with Gasteiger partial charge in [-0.05, 0) is 62.6 Å². The molecule has 1 aliphatic rings. The van der Waals surface area contributed by atoms with Crippen LogP contribution in [0.2, 0.25) is 0 Å². The zero-order chi connectivity index (χ0) is 18.6. The minimum Gasteiger partial charge on any atom is -0.459 e. The average Bonchev–Trinajstić information content (AvgIpc) is 3.41. The topological polar surface area (TPSA) is 84.4 Å². The van der Waals surface area contributed by atoms with E-state index in [0.717, 1.165) is 18.7 Å². The van der Waals surface area contributed by atoms with Crippen molar-refractivity contribution < 1.29 is 13.7 Å². The standard InChI is InChI=1S/C20H22N4O3/c1-14(21-19(25)17-6-5-13-26-17)20-22-18(23-27-20)15-7-9-16(10-8-15)24-11-3-2-4-12-24/h5-10,13-14H,2-4,11-12H2,1H3,(H,21,25)/t14-/m1/s1. The summed E-state index contributed by atoms with van der Waals surface area (Å²) in [5.41, 5.74) is 2.11. The average molecular weight is 366 g/mol. The first-order valence-electron chi connectivity index (χ1n) is 9.24. The number of amides is 1. The number of nitrogens with one attached hydrogen (secondary N) is 1. The molecular weight excluding hydrogens is 344 g/mol. The Labute approximate surface area is 157 Å². The SMILES string of the molecule is C[C@@H](NC(=O)c1ccco1)c1nc(-c2ccc(N3CCCCC3)cc2)no1. The second-order valence-electron chi connectivity index (χ2n) is 6.72. The maximum absolute atomic E-state index is 12.1. The molecule has 0 saturated carbocycles. The molecule has 4 rings (SSSR count). The highest BCUT2D eigenvalue weighted by atomic mass is 16.5. The molecule has 1 amide bonds. The number of piperidine rings is 1. The summed E-state index contributed by atoms with van der Waals surface area (Å²) in [4.78, 5) is 18.9. The van der Waals surface area contributed by atoms with E-state index in [4.69, 9.17) is 8.94 Å². The number of hydrogen-bond donors (Lipinski definition) is 1. The number of nitrogens with zero attached hydrogens (tertiary/aromatic N) is 3. The number of anilines is 1. The van der Waals surface area contributed by atoms with Crippen LogP contribution in [-0.4, -0.2) is 29.1 Å². The molecule has 1 fully saturated rings. The van der Waals surface area contributed by atoms with Gasteiger partial charge in [0.25, 0.3) is 5.91 Å². The summed E-state index contributed by atoms with van der Waals surface area (Å²) in [7, 11) is 0. The van der Waals surface area contributed by atoms with Gasteiger partial charge in [0.15, 0.2) is 5.76 Å². The van der Waals surface area contributed by atoms with Gasteiger partial charge in [0.1, 0.15) is 6.04 Å². The van der Waals surface area contributed by atoms with Gasteiger partial charge in [0.05, 0.1) is 6.26 Å². The Hall–Kier alpha value is -3.09. The Morgan fingerprint density at radius 2 is 1.93 bits per heavy atom. The Kier molecular flexibility index (Phi) is 4.91. The predicted molar refractivity (Wildman–Crippen MR) is 100 cm³/mol. The lowest BCUT2D eigenvalue weighted by Crippen LogP contribution is -2.29. The van der Waals surface area contributed by atoms with E-state index < -0.39 is 6.04 Å². The van der Waals surface area contributed by atoms with Crippen LogP contribution >= 0.6 is 0 Å². The molecule has 1 saturated heterocycles. The smallest absolute Gasteiger partial charge is 0.287 e. The van der Waals surface area contributed by atoms with Gasteiger partial charge in [-0.3, -0.25) is 4.79 Å². The van der Waals surface area contributed by atoms with Crippen LogP contribution in [0.4, 0.5) is 5.69 Å². The van der Waals surface area contributed by atoms with Crippen LogP contribution in [-0.2, 0) is 0 Å². The second-order valence-corrected chi connectivity index (χ2v) is 6.72. The van der Waals surface area contributed by atoms with Crippen LogP contribution in [0.25, 0.3) is 11.4 Å². The molecule has 3 heterocycles. The van der Waals surface area contributed by atoms with Crippen molar-refractivity contribution in [2.45, 2.75) is 32.2 Å². The molecule has 1 aromatic carbocycles. The van der Waals surface area contributed by atoms with E-state index in [1.54, 1.807) is 19.1 Å². The summed E-state index contributed by atoms with van der Waals surface area (Å²) in [6.07, 6.45) is 5.27. The summed E-state index contributed by atoms with van der Waals surface area (Å²) in [6, 6.07) is 11.0. The lowest BCUT2D eigenvalue weighted by molar-refractivity contribution is 0.0904. The molecule has 0 aliphatic carbocycles. The van der Waals surface area contributed by atoms with Crippen LogP contribution in [0.3, 0.4) is 0 Å². The van der Waals surface area contributed by atoms with Crippen LogP contribution in [0.5, 0.6) is 0 Å². The molecule has 2 aromatic heterocycles. The third-order valence-corrected chi connectivity index (χ3v) is 4.75. The first-order chi connectivity index (χ1) is 13.2. The Balaban J connectivity index is 1.43. The van der Waals surface area contributed by atoms with Crippen molar-refractivity contribution in [3.63, 3.8) is 0 Å². The second kappa shape index (κ2) is 7.65. The number of furan rings is 1. The summed E-state index contributed by atoms with van der Waals surface area (Å²) in [5.74, 6) is 0.785. The minimum absolute atomic E-state index is 0.245. The van der Waals surface area contributed by atoms with Crippen molar-refractivity contribution in [2.24, 2.45) is 0 Å². The van der Waals surface area contributed by atoms with E-state index in [0.29, 0.717) is 11.7 Å². The molecule has 140 valence electrons. The molecule has 0 spiro atoms. The largest absolute Gasteiger partial charge is 0.459 e. The quantitative estimate of drug-likeness (QED) is 0.739. The molecule has 7 nitrogen and oxygen atoms in total. The van der Waals surface area contributed by atoms with Crippen LogP contribution in [0, 0.1) is 0 Å². The first kappa shape index (κ1) is 17.3. The highest BCUT2D eigenvalue weighted by Gasteiger charge is 2.19. The number of rotatable bonds is 5. The van der Waals surface area contributed by atoms with E-state index in [9.17, 15) is 4.79 Å². The summed E-state index contributed by atoms with van der Waals surface area (Å²) >= 11 is 0. The maximum Gasteiger partial charge on any atom is 0.287 e. The van der Waals surface area contributed by atoms with Gasteiger partial charge < -0.3 is 19.2 Å². The number of aromatic nitrogens is 2. The molecule has 0 bridgehead atoms. The summed E-state index contributed by atoms with van der Waals surface area (Å²) in [5, 5.41) is 6.83. The van der Waals surface area contributed by atoms with Gasteiger partial charge in [-0.15, -0.1) is 0 Å². The van der Waals surface area contributed by atoms with Gasteiger partial charge >= 0.3 is 0 Å². The van der Waals surface area contributed by atoms with Crippen molar-refractivity contribution in [3.8, 4) is 11.4 Å². The molecular formula is C20H22N4O3. The molecule has 3 aromatic rings. The summed E-state index contributed by atoms with van der Waals surface area (Å²) < 4.78 is 10.4. The van der Waals surface area contributed by atoms with Crippen LogP contribution in [0.15, 0.2) is 51.6 Å². The summed E-state index contributed by atoms with van der Waals surface area (Å²) in [6.45, 7) is 4.01. The molecule has 1 N–H and O–H groups in total. The van der Waals surface area contributed by atoms with E-state index in [2.05, 4.69) is 32.5 Å². The normalized spacial score (nSPS) is 15.5. The van der Waals surface area contributed by atoms with Crippen molar-refractivity contribution in [1.29, 1.82) is 0 Å². The fourth-order valence-corrected chi connectivity index (χ4v) is 3.24. The number of carbonyl (C=O) groups excluding carboxylic acids is 1. The van der Waals surface area contributed by atoms with E-state index in [-0.39, 0.29) is 11.7 Å². The van der Waals surface area contributed by atoms with Crippen molar-refractivity contribution in [3.05, 3.63) is 54.3 Å². The van der Waals surface area contributed by atoms with Crippen LogP contribution in [0.1, 0.15) is 48.7 Å². The van der Waals surface area contributed by atoms with Gasteiger partial charge in [0.2, 0.25) is 11.7 Å². The fourth-order valence-electron chi connectivity index (χ4n) is 3.24. The third-order valence-electron chi connectivity index (χ3n) is 4.75. The third kappa shape index (κ3) is 3.86. The zero-order valence-corrected chi connectivity index (χ0v) is 15.2.